The zero-order valence-corrected chi connectivity index (χ0v) is 16.2. The van der Waals surface area contributed by atoms with Crippen LogP contribution in [0.3, 0.4) is 0 Å². The molecule has 0 saturated heterocycles. The SMILES string of the molecule is CCCCCCCCCCCCCCCN(CCN)[C@@H](C)CN. The minimum atomic E-state index is 0.468. The molecule has 0 aromatic carbocycles. The van der Waals surface area contributed by atoms with Gasteiger partial charge in [-0.2, -0.15) is 0 Å². The van der Waals surface area contributed by atoms with Crippen LogP contribution in [0.5, 0.6) is 0 Å². The summed E-state index contributed by atoms with van der Waals surface area (Å²) in [6.45, 7) is 8.11. The highest BCUT2D eigenvalue weighted by Gasteiger charge is 2.10. The first-order valence-electron chi connectivity index (χ1n) is 10.4. The van der Waals surface area contributed by atoms with Crippen molar-refractivity contribution in [1.82, 2.24) is 4.90 Å². The number of hydrogen-bond donors (Lipinski definition) is 2. The number of nitrogens with two attached hydrogens (primary N) is 2. The molecule has 0 unspecified atom stereocenters. The maximum atomic E-state index is 5.76. The van der Waals surface area contributed by atoms with Gasteiger partial charge in [0.2, 0.25) is 0 Å². The Bertz CT molecular complexity index is 221. The maximum Gasteiger partial charge on any atom is 0.0190 e. The molecular formula is C20H45N3. The normalized spacial score (nSPS) is 12.9. The third kappa shape index (κ3) is 15.2. The largest absolute Gasteiger partial charge is 0.329 e. The summed E-state index contributed by atoms with van der Waals surface area (Å²) in [5, 5.41) is 0. The Morgan fingerprint density at radius 3 is 1.48 bits per heavy atom. The van der Waals surface area contributed by atoms with E-state index >= 15 is 0 Å². The first kappa shape index (κ1) is 22.9. The van der Waals surface area contributed by atoms with Crippen LogP contribution in [0, 0.1) is 0 Å². The molecule has 0 aromatic rings. The van der Waals surface area contributed by atoms with E-state index in [4.69, 9.17) is 11.5 Å². The standard InChI is InChI=1S/C20H45N3/c1-3-4-5-6-7-8-9-10-11-12-13-14-15-17-23(18-16-21)20(2)19-22/h20H,3-19,21-22H2,1-2H3/t20-/m0/s1. The predicted octanol–water partition coefficient (Wildman–Crippen LogP) is 4.69. The Morgan fingerprint density at radius 1 is 0.652 bits per heavy atom. The van der Waals surface area contributed by atoms with Crippen LogP contribution in [0.4, 0.5) is 0 Å². The third-order valence-electron chi connectivity index (χ3n) is 4.93. The molecule has 0 aliphatic rings. The summed E-state index contributed by atoms with van der Waals surface area (Å²) >= 11 is 0. The summed E-state index contributed by atoms with van der Waals surface area (Å²) in [5.74, 6) is 0. The van der Waals surface area contributed by atoms with Gasteiger partial charge in [-0.25, -0.2) is 0 Å². The van der Waals surface area contributed by atoms with E-state index in [0.717, 1.165) is 26.2 Å². The molecule has 0 heterocycles. The van der Waals surface area contributed by atoms with E-state index in [1.165, 1.54) is 83.5 Å². The van der Waals surface area contributed by atoms with Gasteiger partial charge in [-0.1, -0.05) is 84.0 Å². The molecule has 0 aliphatic heterocycles. The molecular weight excluding hydrogens is 282 g/mol. The molecule has 3 nitrogen and oxygen atoms in total. The van der Waals surface area contributed by atoms with Gasteiger partial charge in [-0.3, -0.25) is 4.90 Å². The molecule has 0 radical (unpaired) electrons. The predicted molar refractivity (Wildman–Crippen MR) is 105 cm³/mol. The average Bonchev–Trinajstić information content (AvgIpc) is 2.57. The van der Waals surface area contributed by atoms with Crippen molar-refractivity contribution in [3.8, 4) is 0 Å². The molecule has 0 spiro atoms. The van der Waals surface area contributed by atoms with E-state index in [2.05, 4.69) is 18.7 Å². The molecule has 3 heteroatoms. The fourth-order valence-corrected chi connectivity index (χ4v) is 3.20. The zero-order chi connectivity index (χ0) is 17.2. The van der Waals surface area contributed by atoms with Crippen molar-refractivity contribution in [1.29, 1.82) is 0 Å². The number of unbranched alkanes of at least 4 members (excludes halogenated alkanes) is 12. The monoisotopic (exact) mass is 327 g/mol. The summed E-state index contributed by atoms with van der Waals surface area (Å²) in [7, 11) is 0. The molecule has 23 heavy (non-hydrogen) atoms. The smallest absolute Gasteiger partial charge is 0.0190 e. The lowest BCUT2D eigenvalue weighted by atomic mass is 10.0. The number of rotatable bonds is 18. The number of hydrogen-bond acceptors (Lipinski definition) is 3. The van der Waals surface area contributed by atoms with Gasteiger partial charge < -0.3 is 11.5 Å². The third-order valence-corrected chi connectivity index (χ3v) is 4.93. The van der Waals surface area contributed by atoms with Gasteiger partial charge in [0, 0.05) is 25.7 Å². The summed E-state index contributed by atoms with van der Waals surface area (Å²) < 4.78 is 0. The van der Waals surface area contributed by atoms with Gasteiger partial charge in [-0.15, -0.1) is 0 Å². The van der Waals surface area contributed by atoms with Crippen molar-refractivity contribution >= 4 is 0 Å². The highest BCUT2D eigenvalue weighted by Crippen LogP contribution is 2.12. The Balaban J connectivity index is 3.29. The molecule has 1 atom stereocenters. The van der Waals surface area contributed by atoms with E-state index in [-0.39, 0.29) is 0 Å². The van der Waals surface area contributed by atoms with Gasteiger partial charge >= 0.3 is 0 Å². The summed E-state index contributed by atoms with van der Waals surface area (Å²) in [6.07, 6.45) is 18.4. The van der Waals surface area contributed by atoms with E-state index in [9.17, 15) is 0 Å². The first-order chi connectivity index (χ1) is 11.3. The maximum absolute atomic E-state index is 5.76. The van der Waals surface area contributed by atoms with Crippen molar-refractivity contribution in [2.45, 2.75) is 103 Å². The Morgan fingerprint density at radius 2 is 1.09 bits per heavy atom. The second-order valence-electron chi connectivity index (χ2n) is 7.15. The second-order valence-corrected chi connectivity index (χ2v) is 7.15. The van der Waals surface area contributed by atoms with Gasteiger partial charge in [0.1, 0.15) is 0 Å². The van der Waals surface area contributed by atoms with Crippen molar-refractivity contribution in [3.63, 3.8) is 0 Å². The molecule has 140 valence electrons. The van der Waals surface area contributed by atoms with Crippen LogP contribution < -0.4 is 11.5 Å². The molecule has 0 aliphatic carbocycles. The van der Waals surface area contributed by atoms with E-state index in [1.54, 1.807) is 0 Å². The summed E-state index contributed by atoms with van der Waals surface area (Å²) in [6, 6.07) is 0.468. The van der Waals surface area contributed by atoms with Crippen LogP contribution in [0.25, 0.3) is 0 Å². The van der Waals surface area contributed by atoms with Gasteiger partial charge in [-0.05, 0) is 19.9 Å². The molecule has 0 fully saturated rings. The molecule has 0 bridgehead atoms. The molecule has 4 N–H and O–H groups in total. The van der Waals surface area contributed by atoms with Gasteiger partial charge in [0.25, 0.3) is 0 Å². The van der Waals surface area contributed by atoms with Gasteiger partial charge in [0.05, 0.1) is 0 Å². The molecule has 0 amide bonds. The van der Waals surface area contributed by atoms with Crippen LogP contribution in [-0.4, -0.2) is 37.1 Å². The van der Waals surface area contributed by atoms with Crippen molar-refractivity contribution < 1.29 is 0 Å². The lowest BCUT2D eigenvalue weighted by Gasteiger charge is -2.27. The lowest BCUT2D eigenvalue weighted by molar-refractivity contribution is 0.214. The Labute approximate surface area is 146 Å². The lowest BCUT2D eigenvalue weighted by Crippen LogP contribution is -2.41. The quantitative estimate of drug-likeness (QED) is 0.359. The van der Waals surface area contributed by atoms with Crippen LogP contribution in [0.1, 0.15) is 97.3 Å². The summed E-state index contributed by atoms with van der Waals surface area (Å²) in [4.78, 5) is 2.44. The topological polar surface area (TPSA) is 55.3 Å². The average molecular weight is 328 g/mol. The molecule has 0 rings (SSSR count). The van der Waals surface area contributed by atoms with Crippen LogP contribution in [0.15, 0.2) is 0 Å². The van der Waals surface area contributed by atoms with Crippen molar-refractivity contribution in [2.75, 3.05) is 26.2 Å². The van der Waals surface area contributed by atoms with Crippen LogP contribution >= 0.6 is 0 Å². The van der Waals surface area contributed by atoms with E-state index in [0.29, 0.717) is 6.04 Å². The minimum absolute atomic E-state index is 0.468. The zero-order valence-electron chi connectivity index (χ0n) is 16.2. The van der Waals surface area contributed by atoms with Gasteiger partial charge in [0.15, 0.2) is 0 Å². The highest BCUT2D eigenvalue weighted by atomic mass is 15.2. The van der Waals surface area contributed by atoms with Crippen LogP contribution in [-0.2, 0) is 0 Å². The van der Waals surface area contributed by atoms with Crippen molar-refractivity contribution in [3.05, 3.63) is 0 Å². The summed E-state index contributed by atoms with van der Waals surface area (Å²) in [5.41, 5.74) is 11.4. The van der Waals surface area contributed by atoms with Crippen LogP contribution in [0.2, 0.25) is 0 Å². The first-order valence-corrected chi connectivity index (χ1v) is 10.4. The Hall–Kier alpha value is -0.120. The molecule has 0 aromatic heterocycles. The van der Waals surface area contributed by atoms with E-state index < -0.39 is 0 Å². The van der Waals surface area contributed by atoms with Crippen molar-refractivity contribution in [2.24, 2.45) is 11.5 Å². The molecule has 0 saturated carbocycles. The fraction of sp³-hybridized carbons (Fsp3) is 1.00. The van der Waals surface area contributed by atoms with E-state index in [1.807, 2.05) is 0 Å². The number of nitrogens with zero attached hydrogens (tertiary/aromatic N) is 1. The fourth-order valence-electron chi connectivity index (χ4n) is 3.20. The minimum Gasteiger partial charge on any atom is -0.329 e. The highest BCUT2D eigenvalue weighted by molar-refractivity contribution is 4.68. The second kappa shape index (κ2) is 18.2. The Kier molecular flexibility index (Phi) is 18.1.